The summed E-state index contributed by atoms with van der Waals surface area (Å²) in [4.78, 5) is 0. The van der Waals surface area contributed by atoms with E-state index < -0.39 is 0 Å². The van der Waals surface area contributed by atoms with Crippen LogP contribution in [0.5, 0.6) is 0 Å². The van der Waals surface area contributed by atoms with Crippen LogP contribution < -0.4 is 0 Å². The van der Waals surface area contributed by atoms with E-state index in [1.807, 2.05) is 0 Å². The Labute approximate surface area is 69.1 Å². The van der Waals surface area contributed by atoms with Gasteiger partial charge in [0, 0.05) is 0 Å². The monoisotopic (exact) mass is 153 g/mol. The number of rotatable bonds is 0. The third kappa shape index (κ3) is 0.752. The molecule has 0 aromatic rings. The molecular weight excluding hydrogens is 136 g/mol. The molecule has 0 aromatic heterocycles. The van der Waals surface area contributed by atoms with Gasteiger partial charge in [-0.2, -0.15) is 0 Å². The number of hydrogen-bond acceptors (Lipinski definition) is 1. The van der Waals surface area contributed by atoms with Crippen molar-refractivity contribution < 1.29 is 4.74 Å². The minimum Gasteiger partial charge on any atom is -0.359 e. The van der Waals surface area contributed by atoms with Gasteiger partial charge >= 0.3 is 0 Å². The van der Waals surface area contributed by atoms with Crippen LogP contribution >= 0.6 is 0 Å². The third-order valence-electron chi connectivity index (χ3n) is 4.08. The molecule has 1 heterocycles. The first-order valence-electron chi connectivity index (χ1n) is 4.54. The fourth-order valence-electron chi connectivity index (χ4n) is 2.18. The van der Waals surface area contributed by atoms with E-state index in [0.717, 1.165) is 5.92 Å². The molecule has 0 N–H and O–H groups in total. The van der Waals surface area contributed by atoms with Gasteiger partial charge in [-0.05, 0) is 31.1 Å². The molecule has 0 aromatic carbocycles. The van der Waals surface area contributed by atoms with Crippen molar-refractivity contribution in [2.24, 2.45) is 11.3 Å². The van der Waals surface area contributed by atoms with E-state index in [-0.39, 0.29) is 5.60 Å². The summed E-state index contributed by atoms with van der Waals surface area (Å²) in [5.41, 5.74) is 0.477. The highest BCUT2D eigenvalue weighted by Gasteiger charge is 2.66. The van der Waals surface area contributed by atoms with Crippen LogP contribution in [0.3, 0.4) is 0 Å². The second kappa shape index (κ2) is 1.82. The standard InChI is InChI=1S/C10H17O/c1-7-5-6-8-10(4,11-8)9(7,2)3/h7H,5-6H2,1-4H3. The van der Waals surface area contributed by atoms with E-state index in [0.29, 0.717) is 5.41 Å². The second-order valence-corrected chi connectivity index (χ2v) is 4.72. The summed E-state index contributed by atoms with van der Waals surface area (Å²) in [6.45, 7) is 9.22. The van der Waals surface area contributed by atoms with Gasteiger partial charge in [0.05, 0.1) is 0 Å². The molecule has 2 rings (SSSR count). The molecular formula is C10H17O. The van der Waals surface area contributed by atoms with Gasteiger partial charge in [0.1, 0.15) is 11.7 Å². The number of epoxide rings is 1. The lowest BCUT2D eigenvalue weighted by Gasteiger charge is -2.39. The lowest BCUT2D eigenvalue weighted by molar-refractivity contribution is 0.0863. The lowest BCUT2D eigenvalue weighted by atomic mass is 9.63. The maximum atomic E-state index is 5.67. The summed E-state index contributed by atoms with van der Waals surface area (Å²) < 4.78 is 5.67. The van der Waals surface area contributed by atoms with Crippen molar-refractivity contribution in [3.63, 3.8) is 0 Å². The molecule has 1 radical (unpaired) electrons. The van der Waals surface area contributed by atoms with Gasteiger partial charge in [0.2, 0.25) is 0 Å². The third-order valence-corrected chi connectivity index (χ3v) is 4.08. The highest BCUT2D eigenvalue weighted by atomic mass is 16.6. The summed E-state index contributed by atoms with van der Waals surface area (Å²) in [6.07, 6.45) is 3.85. The van der Waals surface area contributed by atoms with E-state index in [4.69, 9.17) is 4.74 Å². The van der Waals surface area contributed by atoms with Crippen LogP contribution in [0.15, 0.2) is 0 Å². The van der Waals surface area contributed by atoms with E-state index >= 15 is 0 Å². The molecule has 2 aliphatic rings. The van der Waals surface area contributed by atoms with Crippen LogP contribution in [-0.2, 0) is 4.74 Å². The summed E-state index contributed by atoms with van der Waals surface area (Å²) >= 11 is 0. The number of ether oxygens (including phenoxy) is 1. The maximum Gasteiger partial charge on any atom is 0.130 e. The summed E-state index contributed by atoms with van der Waals surface area (Å²) in [7, 11) is 0. The molecule has 11 heavy (non-hydrogen) atoms. The molecule has 2 fully saturated rings. The normalized spacial score (nSPS) is 48.5. The van der Waals surface area contributed by atoms with E-state index in [9.17, 15) is 0 Å². The summed E-state index contributed by atoms with van der Waals surface area (Å²) in [5.74, 6) is 0.791. The predicted molar refractivity (Wildman–Crippen MR) is 44.9 cm³/mol. The Bertz CT molecular complexity index is 185. The van der Waals surface area contributed by atoms with Crippen LogP contribution in [0.4, 0.5) is 0 Å². The van der Waals surface area contributed by atoms with E-state index in [1.54, 1.807) is 0 Å². The van der Waals surface area contributed by atoms with Crippen LogP contribution in [-0.4, -0.2) is 5.60 Å². The van der Waals surface area contributed by atoms with Gasteiger partial charge < -0.3 is 4.74 Å². The molecule has 2 unspecified atom stereocenters. The molecule has 2 atom stereocenters. The van der Waals surface area contributed by atoms with E-state index in [1.165, 1.54) is 18.9 Å². The van der Waals surface area contributed by atoms with Crippen molar-refractivity contribution >= 4 is 0 Å². The topological polar surface area (TPSA) is 12.5 Å². The lowest BCUT2D eigenvalue weighted by Crippen LogP contribution is -2.39. The van der Waals surface area contributed by atoms with Crippen molar-refractivity contribution in [3.05, 3.63) is 6.10 Å². The van der Waals surface area contributed by atoms with Gasteiger partial charge in [-0.15, -0.1) is 0 Å². The average Bonchev–Trinajstić information content (AvgIpc) is 2.57. The zero-order valence-electron chi connectivity index (χ0n) is 7.90. The van der Waals surface area contributed by atoms with Gasteiger partial charge in [-0.25, -0.2) is 0 Å². The van der Waals surface area contributed by atoms with Crippen molar-refractivity contribution in [3.8, 4) is 0 Å². The van der Waals surface area contributed by atoms with Crippen LogP contribution in [0, 0.1) is 17.4 Å². The molecule has 0 spiro atoms. The second-order valence-electron chi connectivity index (χ2n) is 4.72. The van der Waals surface area contributed by atoms with E-state index in [2.05, 4.69) is 27.7 Å². The Morgan fingerprint density at radius 1 is 1.36 bits per heavy atom. The Morgan fingerprint density at radius 2 is 2.00 bits per heavy atom. The SMILES string of the molecule is CC1CC[C]2OC2(C)C1(C)C. The fraction of sp³-hybridized carbons (Fsp3) is 0.900. The van der Waals surface area contributed by atoms with Gasteiger partial charge in [-0.1, -0.05) is 20.8 Å². The Morgan fingerprint density at radius 3 is 2.55 bits per heavy atom. The van der Waals surface area contributed by atoms with Gasteiger partial charge in [0.25, 0.3) is 0 Å². The zero-order chi connectivity index (χ0) is 8.28. The highest BCUT2D eigenvalue weighted by Crippen LogP contribution is 2.64. The average molecular weight is 153 g/mol. The first-order chi connectivity index (χ1) is 4.98. The first-order valence-corrected chi connectivity index (χ1v) is 4.54. The largest absolute Gasteiger partial charge is 0.359 e. The molecule has 63 valence electrons. The molecule has 0 amide bonds. The van der Waals surface area contributed by atoms with Gasteiger partial charge in [-0.3, -0.25) is 0 Å². The molecule has 0 bridgehead atoms. The van der Waals surface area contributed by atoms with Crippen LogP contribution in [0.1, 0.15) is 40.5 Å². The highest BCUT2D eigenvalue weighted by molar-refractivity contribution is 5.24. The first kappa shape index (κ1) is 7.60. The fourth-order valence-corrected chi connectivity index (χ4v) is 2.18. The van der Waals surface area contributed by atoms with Crippen LogP contribution in [0.2, 0.25) is 0 Å². The molecule has 1 nitrogen and oxygen atoms in total. The van der Waals surface area contributed by atoms with Crippen molar-refractivity contribution in [1.29, 1.82) is 0 Å². The van der Waals surface area contributed by atoms with Gasteiger partial charge in [0.15, 0.2) is 0 Å². The number of hydrogen-bond donors (Lipinski definition) is 0. The minimum atomic E-state index is 0.130. The summed E-state index contributed by atoms with van der Waals surface area (Å²) in [6, 6.07) is 0. The quantitative estimate of drug-likeness (QED) is 0.487. The molecule has 1 aliphatic heterocycles. The maximum absolute atomic E-state index is 5.67. The van der Waals surface area contributed by atoms with Crippen LogP contribution in [0.25, 0.3) is 0 Å². The smallest absolute Gasteiger partial charge is 0.130 e. The summed E-state index contributed by atoms with van der Waals surface area (Å²) in [5, 5.41) is 0. The van der Waals surface area contributed by atoms with Crippen molar-refractivity contribution in [2.75, 3.05) is 0 Å². The Kier molecular flexibility index (Phi) is 1.26. The molecule has 1 saturated heterocycles. The molecule has 1 saturated carbocycles. The zero-order valence-corrected chi connectivity index (χ0v) is 7.90. The molecule has 1 heteroatoms. The Hall–Kier alpha value is -0.0400. The minimum absolute atomic E-state index is 0.130. The Balaban J connectivity index is 2.26. The predicted octanol–water partition coefficient (Wildman–Crippen LogP) is 2.76. The number of fused-ring (bicyclic) bond motifs is 1. The van der Waals surface area contributed by atoms with Crippen molar-refractivity contribution in [1.82, 2.24) is 0 Å². The van der Waals surface area contributed by atoms with Crippen molar-refractivity contribution in [2.45, 2.75) is 46.1 Å². The molecule has 1 aliphatic carbocycles.